The highest BCUT2D eigenvalue weighted by molar-refractivity contribution is 6.32. The van der Waals surface area contributed by atoms with Crippen molar-refractivity contribution in [2.45, 2.75) is 19.4 Å². The van der Waals surface area contributed by atoms with Gasteiger partial charge in [0.2, 0.25) is 0 Å². The summed E-state index contributed by atoms with van der Waals surface area (Å²) in [5.74, 6) is 0.654. The van der Waals surface area contributed by atoms with Gasteiger partial charge in [0.15, 0.2) is 0 Å². The third kappa shape index (κ3) is 4.08. The predicted molar refractivity (Wildman–Crippen MR) is 61.4 cm³/mol. The number of halogens is 1. The molecule has 1 rings (SSSR count). The Hall–Kier alpha value is -0.770. The normalized spacial score (nSPS) is 12.5. The van der Waals surface area contributed by atoms with Crippen LogP contribution in [0.25, 0.3) is 0 Å². The largest absolute Gasteiger partial charge is 0.492 e. The molecule has 0 aromatic heterocycles. The number of ether oxygens (including phenoxy) is 1. The van der Waals surface area contributed by atoms with E-state index in [1.165, 1.54) is 0 Å². The number of rotatable bonds is 5. The Morgan fingerprint density at radius 2 is 2.27 bits per heavy atom. The Kier molecular flexibility index (Phi) is 4.88. The molecule has 4 heteroatoms. The predicted octanol–water partition coefficient (Wildman–Crippen LogP) is 1.74. The monoisotopic (exact) mass is 229 g/mol. The molecule has 0 spiro atoms. The van der Waals surface area contributed by atoms with Gasteiger partial charge in [-0.25, -0.2) is 0 Å². The first kappa shape index (κ1) is 12.3. The molecule has 15 heavy (non-hydrogen) atoms. The van der Waals surface area contributed by atoms with Crippen LogP contribution in [0.15, 0.2) is 18.2 Å². The van der Waals surface area contributed by atoms with Crippen molar-refractivity contribution in [1.29, 1.82) is 0 Å². The van der Waals surface area contributed by atoms with Crippen LogP contribution in [0.1, 0.15) is 12.0 Å². The fourth-order valence-electron chi connectivity index (χ4n) is 1.14. The zero-order valence-corrected chi connectivity index (χ0v) is 9.50. The van der Waals surface area contributed by atoms with E-state index in [9.17, 15) is 5.11 Å². The quantitative estimate of drug-likeness (QED) is 0.809. The maximum absolute atomic E-state index is 9.22. The van der Waals surface area contributed by atoms with Gasteiger partial charge in [-0.1, -0.05) is 17.7 Å². The van der Waals surface area contributed by atoms with Gasteiger partial charge in [-0.3, -0.25) is 0 Å². The SMILES string of the molecule is Cc1ccc(Cl)c(OCCC(O)CN)c1. The third-order valence-corrected chi connectivity index (χ3v) is 2.38. The molecule has 1 atom stereocenters. The van der Waals surface area contributed by atoms with Gasteiger partial charge in [0, 0.05) is 13.0 Å². The van der Waals surface area contributed by atoms with Gasteiger partial charge < -0.3 is 15.6 Å². The van der Waals surface area contributed by atoms with E-state index in [1.54, 1.807) is 6.07 Å². The zero-order chi connectivity index (χ0) is 11.3. The van der Waals surface area contributed by atoms with Crippen LogP contribution < -0.4 is 10.5 Å². The van der Waals surface area contributed by atoms with Crippen molar-refractivity contribution in [3.63, 3.8) is 0 Å². The molecule has 0 heterocycles. The molecule has 0 amide bonds. The van der Waals surface area contributed by atoms with Gasteiger partial charge in [0.05, 0.1) is 17.7 Å². The van der Waals surface area contributed by atoms with Gasteiger partial charge in [-0.15, -0.1) is 0 Å². The topological polar surface area (TPSA) is 55.5 Å². The van der Waals surface area contributed by atoms with Crippen LogP contribution in [0.3, 0.4) is 0 Å². The molecule has 0 bridgehead atoms. The highest BCUT2D eigenvalue weighted by Gasteiger charge is 2.04. The molecule has 0 aliphatic heterocycles. The summed E-state index contributed by atoms with van der Waals surface area (Å²) in [6, 6.07) is 5.59. The molecular formula is C11H16ClNO2. The average molecular weight is 230 g/mol. The van der Waals surface area contributed by atoms with Crippen molar-refractivity contribution < 1.29 is 9.84 Å². The van der Waals surface area contributed by atoms with Crippen molar-refractivity contribution in [2.75, 3.05) is 13.2 Å². The lowest BCUT2D eigenvalue weighted by Gasteiger charge is -2.11. The summed E-state index contributed by atoms with van der Waals surface area (Å²) in [4.78, 5) is 0. The minimum atomic E-state index is -0.506. The smallest absolute Gasteiger partial charge is 0.138 e. The minimum Gasteiger partial charge on any atom is -0.492 e. The summed E-state index contributed by atoms with van der Waals surface area (Å²) >= 11 is 5.93. The van der Waals surface area contributed by atoms with Gasteiger partial charge >= 0.3 is 0 Å². The molecular weight excluding hydrogens is 214 g/mol. The Labute approximate surface area is 94.8 Å². The van der Waals surface area contributed by atoms with Crippen molar-refractivity contribution in [3.8, 4) is 5.75 Å². The molecule has 0 aliphatic rings. The summed E-state index contributed by atoms with van der Waals surface area (Å²) in [6.45, 7) is 2.64. The molecule has 0 saturated carbocycles. The van der Waals surface area contributed by atoms with Gasteiger partial charge in [0.1, 0.15) is 5.75 Å². The molecule has 1 unspecified atom stereocenters. The Balaban J connectivity index is 2.46. The van der Waals surface area contributed by atoms with Crippen LogP contribution >= 0.6 is 11.6 Å². The Morgan fingerprint density at radius 3 is 2.93 bits per heavy atom. The number of hydrogen-bond acceptors (Lipinski definition) is 3. The van der Waals surface area contributed by atoms with Crippen molar-refractivity contribution in [3.05, 3.63) is 28.8 Å². The Bertz CT molecular complexity index is 317. The molecule has 3 nitrogen and oxygen atoms in total. The number of aliphatic hydroxyl groups excluding tert-OH is 1. The van der Waals surface area contributed by atoms with E-state index >= 15 is 0 Å². The number of benzene rings is 1. The molecule has 0 saturated heterocycles. The van der Waals surface area contributed by atoms with Crippen molar-refractivity contribution >= 4 is 11.6 Å². The van der Waals surface area contributed by atoms with Gasteiger partial charge in [0.25, 0.3) is 0 Å². The lowest BCUT2D eigenvalue weighted by molar-refractivity contribution is 0.146. The second-order valence-corrected chi connectivity index (χ2v) is 3.87. The van der Waals surface area contributed by atoms with E-state index < -0.39 is 6.10 Å². The van der Waals surface area contributed by atoms with E-state index in [-0.39, 0.29) is 6.54 Å². The van der Waals surface area contributed by atoms with E-state index in [0.29, 0.717) is 23.8 Å². The van der Waals surface area contributed by atoms with Crippen LogP contribution in [0.2, 0.25) is 5.02 Å². The highest BCUT2D eigenvalue weighted by Crippen LogP contribution is 2.25. The lowest BCUT2D eigenvalue weighted by Crippen LogP contribution is -2.22. The van der Waals surface area contributed by atoms with Crippen LogP contribution in [0.5, 0.6) is 5.75 Å². The van der Waals surface area contributed by atoms with Crippen LogP contribution in [0.4, 0.5) is 0 Å². The molecule has 0 aliphatic carbocycles. The third-order valence-electron chi connectivity index (χ3n) is 2.07. The molecule has 0 fully saturated rings. The van der Waals surface area contributed by atoms with E-state index in [2.05, 4.69) is 0 Å². The summed E-state index contributed by atoms with van der Waals surface area (Å²) in [7, 11) is 0. The van der Waals surface area contributed by atoms with E-state index in [4.69, 9.17) is 22.1 Å². The summed E-state index contributed by atoms with van der Waals surface area (Å²) in [6.07, 6.45) is 0.00871. The zero-order valence-electron chi connectivity index (χ0n) is 8.74. The second kappa shape index (κ2) is 5.95. The fraction of sp³-hybridized carbons (Fsp3) is 0.455. The van der Waals surface area contributed by atoms with Crippen LogP contribution in [-0.2, 0) is 0 Å². The standard InChI is InChI=1S/C11H16ClNO2/c1-8-2-3-10(12)11(6-8)15-5-4-9(14)7-13/h2-3,6,9,14H,4-5,7,13H2,1H3. The molecule has 1 aromatic rings. The molecule has 84 valence electrons. The minimum absolute atomic E-state index is 0.255. The second-order valence-electron chi connectivity index (χ2n) is 3.46. The lowest BCUT2D eigenvalue weighted by atomic mass is 10.2. The van der Waals surface area contributed by atoms with E-state index in [1.807, 2.05) is 19.1 Å². The maximum atomic E-state index is 9.22. The van der Waals surface area contributed by atoms with Crippen molar-refractivity contribution in [2.24, 2.45) is 5.73 Å². The average Bonchev–Trinajstić information content (AvgIpc) is 2.23. The summed E-state index contributed by atoms with van der Waals surface area (Å²) in [5.41, 5.74) is 6.37. The van der Waals surface area contributed by atoms with Crippen LogP contribution in [0, 0.1) is 6.92 Å². The number of nitrogens with two attached hydrogens (primary N) is 1. The molecule has 1 aromatic carbocycles. The summed E-state index contributed by atoms with van der Waals surface area (Å²) in [5, 5.41) is 9.81. The molecule has 0 radical (unpaired) electrons. The molecule has 3 N–H and O–H groups in total. The van der Waals surface area contributed by atoms with Gasteiger partial charge in [-0.05, 0) is 24.6 Å². The van der Waals surface area contributed by atoms with E-state index in [0.717, 1.165) is 5.56 Å². The fourth-order valence-corrected chi connectivity index (χ4v) is 1.32. The number of aryl methyl sites for hydroxylation is 1. The summed E-state index contributed by atoms with van der Waals surface area (Å²) < 4.78 is 5.44. The van der Waals surface area contributed by atoms with Crippen LogP contribution in [-0.4, -0.2) is 24.4 Å². The highest BCUT2D eigenvalue weighted by atomic mass is 35.5. The maximum Gasteiger partial charge on any atom is 0.138 e. The van der Waals surface area contributed by atoms with Crippen molar-refractivity contribution in [1.82, 2.24) is 0 Å². The van der Waals surface area contributed by atoms with Gasteiger partial charge in [-0.2, -0.15) is 0 Å². The number of aliphatic hydroxyl groups is 1. The number of hydrogen-bond donors (Lipinski definition) is 2. The first-order chi connectivity index (χ1) is 7.13. The first-order valence-corrected chi connectivity index (χ1v) is 5.28. The first-order valence-electron chi connectivity index (χ1n) is 4.90. The Morgan fingerprint density at radius 1 is 1.53 bits per heavy atom.